The number of aryl methyl sites for hydroxylation is 2. The molecule has 1 saturated heterocycles. The second-order valence-corrected chi connectivity index (χ2v) is 6.52. The van der Waals surface area contributed by atoms with E-state index in [4.69, 9.17) is 17.3 Å². The number of nitrogens with two attached hydrogens (primary N) is 1. The van der Waals surface area contributed by atoms with E-state index < -0.39 is 0 Å². The lowest BCUT2D eigenvalue weighted by Crippen LogP contribution is -2.22. The molecule has 2 aromatic rings. The van der Waals surface area contributed by atoms with Gasteiger partial charge >= 0.3 is 0 Å². The van der Waals surface area contributed by atoms with Crippen LogP contribution in [0.3, 0.4) is 0 Å². The van der Waals surface area contributed by atoms with Crippen LogP contribution in [-0.2, 0) is 4.79 Å². The molecule has 1 fully saturated rings. The normalized spacial score (nSPS) is 18.1. The van der Waals surface area contributed by atoms with Gasteiger partial charge in [-0.05, 0) is 37.8 Å². The van der Waals surface area contributed by atoms with Crippen LogP contribution in [0, 0.1) is 19.8 Å². The van der Waals surface area contributed by atoms with E-state index in [2.05, 4.69) is 22.0 Å². The van der Waals surface area contributed by atoms with Gasteiger partial charge in [0.25, 0.3) is 0 Å². The molecule has 1 atom stereocenters. The number of aromatic nitrogens is 1. The van der Waals surface area contributed by atoms with Crippen LogP contribution >= 0.6 is 11.6 Å². The second-order valence-electron chi connectivity index (χ2n) is 6.15. The van der Waals surface area contributed by atoms with E-state index in [0.29, 0.717) is 12.3 Å². The molecule has 1 aromatic carbocycles. The zero-order chi connectivity index (χ0) is 15.9. The molecule has 0 aliphatic carbocycles. The molecule has 1 aromatic heterocycles. The first-order chi connectivity index (χ1) is 10.5. The lowest BCUT2D eigenvalue weighted by atomic mass is 10.0. The van der Waals surface area contributed by atoms with E-state index in [1.54, 1.807) is 0 Å². The molecule has 1 aliphatic rings. The van der Waals surface area contributed by atoms with E-state index in [9.17, 15) is 4.79 Å². The van der Waals surface area contributed by atoms with Crippen LogP contribution in [0.5, 0.6) is 0 Å². The number of rotatable bonds is 3. The van der Waals surface area contributed by atoms with Crippen LogP contribution in [0.2, 0.25) is 5.02 Å². The maximum atomic E-state index is 11.1. The van der Waals surface area contributed by atoms with Gasteiger partial charge in [0.2, 0.25) is 5.91 Å². The maximum absolute atomic E-state index is 11.1. The van der Waals surface area contributed by atoms with Crippen molar-refractivity contribution in [1.29, 1.82) is 0 Å². The Bertz CT molecular complexity index is 744. The zero-order valence-electron chi connectivity index (χ0n) is 12.9. The number of fused-ring (bicyclic) bond motifs is 1. The minimum Gasteiger partial charge on any atom is -0.371 e. The molecule has 0 radical (unpaired) electrons. The zero-order valence-corrected chi connectivity index (χ0v) is 13.7. The molecule has 1 aliphatic heterocycles. The van der Waals surface area contributed by atoms with Crippen LogP contribution < -0.4 is 10.6 Å². The second kappa shape index (κ2) is 5.76. The van der Waals surface area contributed by atoms with Gasteiger partial charge in [0, 0.05) is 36.3 Å². The first kappa shape index (κ1) is 15.1. The van der Waals surface area contributed by atoms with Crippen molar-refractivity contribution in [3.8, 4) is 0 Å². The van der Waals surface area contributed by atoms with Crippen LogP contribution in [-0.4, -0.2) is 24.0 Å². The van der Waals surface area contributed by atoms with Crippen molar-refractivity contribution in [1.82, 2.24) is 4.98 Å². The Morgan fingerprint density at radius 2 is 2.23 bits per heavy atom. The van der Waals surface area contributed by atoms with Crippen molar-refractivity contribution in [3.05, 3.63) is 34.5 Å². The summed E-state index contributed by atoms with van der Waals surface area (Å²) in [6.45, 7) is 5.76. The molecule has 0 spiro atoms. The largest absolute Gasteiger partial charge is 0.371 e. The number of anilines is 1. The number of hydrogen-bond acceptors (Lipinski definition) is 3. The Labute approximate surface area is 135 Å². The highest BCUT2D eigenvalue weighted by Gasteiger charge is 2.25. The highest BCUT2D eigenvalue weighted by molar-refractivity contribution is 6.36. The summed E-state index contributed by atoms with van der Waals surface area (Å²) in [5.41, 5.74) is 9.31. The van der Waals surface area contributed by atoms with Gasteiger partial charge in [0.05, 0.1) is 10.5 Å². The summed E-state index contributed by atoms with van der Waals surface area (Å²) < 4.78 is 0. The number of pyridine rings is 1. The summed E-state index contributed by atoms with van der Waals surface area (Å²) >= 11 is 6.43. The number of amides is 1. The predicted molar refractivity (Wildman–Crippen MR) is 90.4 cm³/mol. The number of primary amides is 1. The fraction of sp³-hybridized carbons (Fsp3) is 0.412. The Balaban J connectivity index is 2.01. The SMILES string of the molecule is Cc1cc(N2CCC(CC(N)=O)C2)c2ccc(C)c(Cl)c2n1. The van der Waals surface area contributed by atoms with Crippen molar-refractivity contribution in [2.75, 3.05) is 18.0 Å². The van der Waals surface area contributed by atoms with Gasteiger partial charge in [0.1, 0.15) is 0 Å². The van der Waals surface area contributed by atoms with E-state index in [1.165, 1.54) is 0 Å². The maximum Gasteiger partial charge on any atom is 0.217 e. The molecule has 0 bridgehead atoms. The van der Waals surface area contributed by atoms with Crippen molar-refractivity contribution in [2.24, 2.45) is 11.7 Å². The van der Waals surface area contributed by atoms with Gasteiger partial charge in [-0.2, -0.15) is 0 Å². The molecule has 1 amide bonds. The highest BCUT2D eigenvalue weighted by atomic mass is 35.5. The van der Waals surface area contributed by atoms with Crippen molar-refractivity contribution in [3.63, 3.8) is 0 Å². The van der Waals surface area contributed by atoms with Gasteiger partial charge in [-0.25, -0.2) is 0 Å². The summed E-state index contributed by atoms with van der Waals surface area (Å²) in [5, 5.41) is 1.79. The highest BCUT2D eigenvalue weighted by Crippen LogP contribution is 2.35. The van der Waals surface area contributed by atoms with Crippen LogP contribution in [0.1, 0.15) is 24.1 Å². The molecule has 22 heavy (non-hydrogen) atoms. The van der Waals surface area contributed by atoms with Gasteiger partial charge in [-0.15, -0.1) is 0 Å². The van der Waals surface area contributed by atoms with Crippen LogP contribution in [0.4, 0.5) is 5.69 Å². The Morgan fingerprint density at radius 3 is 2.95 bits per heavy atom. The Morgan fingerprint density at radius 1 is 1.45 bits per heavy atom. The number of nitrogens with zero attached hydrogens (tertiary/aromatic N) is 2. The quantitative estimate of drug-likeness (QED) is 0.945. The standard InChI is InChI=1S/C17H20ClN3O/c1-10-3-4-13-14(7-11(2)20-17(13)16(10)18)21-6-5-12(9-21)8-15(19)22/h3-4,7,12H,5-6,8-9H2,1-2H3,(H2,19,22). The molecule has 4 nitrogen and oxygen atoms in total. The minimum absolute atomic E-state index is 0.221. The first-order valence-corrected chi connectivity index (χ1v) is 7.93. The summed E-state index contributed by atoms with van der Waals surface area (Å²) in [7, 11) is 0. The minimum atomic E-state index is -0.221. The van der Waals surface area contributed by atoms with E-state index in [0.717, 1.165) is 52.4 Å². The fourth-order valence-electron chi connectivity index (χ4n) is 3.23. The summed E-state index contributed by atoms with van der Waals surface area (Å²) in [6.07, 6.45) is 1.45. The predicted octanol–water partition coefficient (Wildman–Crippen LogP) is 3.21. The molecule has 1 unspecified atom stereocenters. The number of hydrogen-bond donors (Lipinski definition) is 1. The van der Waals surface area contributed by atoms with Crippen molar-refractivity contribution >= 4 is 34.1 Å². The monoisotopic (exact) mass is 317 g/mol. The number of carbonyl (C=O) groups excluding carboxylic acids is 1. The molecule has 3 rings (SSSR count). The molecule has 116 valence electrons. The van der Waals surface area contributed by atoms with E-state index in [1.807, 2.05) is 19.9 Å². The molecule has 0 saturated carbocycles. The number of halogens is 1. The Hall–Kier alpha value is -1.81. The Kier molecular flexibility index (Phi) is 3.96. The van der Waals surface area contributed by atoms with Crippen molar-refractivity contribution < 1.29 is 4.79 Å². The van der Waals surface area contributed by atoms with Gasteiger partial charge < -0.3 is 10.6 Å². The van der Waals surface area contributed by atoms with Crippen LogP contribution in [0.15, 0.2) is 18.2 Å². The topological polar surface area (TPSA) is 59.2 Å². The fourth-order valence-corrected chi connectivity index (χ4v) is 3.44. The third-order valence-electron chi connectivity index (χ3n) is 4.34. The van der Waals surface area contributed by atoms with Crippen molar-refractivity contribution in [2.45, 2.75) is 26.7 Å². The molecule has 2 N–H and O–H groups in total. The first-order valence-electron chi connectivity index (χ1n) is 7.55. The summed E-state index contributed by atoms with van der Waals surface area (Å²) in [4.78, 5) is 18.0. The van der Waals surface area contributed by atoms with E-state index in [-0.39, 0.29) is 5.91 Å². The third-order valence-corrected chi connectivity index (χ3v) is 4.81. The summed E-state index contributed by atoms with van der Waals surface area (Å²) in [6, 6.07) is 6.21. The van der Waals surface area contributed by atoms with E-state index >= 15 is 0 Å². The third kappa shape index (κ3) is 2.75. The average Bonchev–Trinajstić information content (AvgIpc) is 2.90. The van der Waals surface area contributed by atoms with Gasteiger partial charge in [-0.3, -0.25) is 9.78 Å². The number of carbonyl (C=O) groups is 1. The average molecular weight is 318 g/mol. The lowest BCUT2D eigenvalue weighted by molar-refractivity contribution is -0.118. The van der Waals surface area contributed by atoms with Gasteiger partial charge in [-0.1, -0.05) is 23.7 Å². The smallest absolute Gasteiger partial charge is 0.217 e. The molecule has 5 heteroatoms. The summed E-state index contributed by atoms with van der Waals surface area (Å²) in [5.74, 6) is 0.114. The molecular weight excluding hydrogens is 298 g/mol. The number of benzene rings is 1. The van der Waals surface area contributed by atoms with Gasteiger partial charge in [0.15, 0.2) is 0 Å². The van der Waals surface area contributed by atoms with Crippen LogP contribution in [0.25, 0.3) is 10.9 Å². The molecule has 2 heterocycles. The lowest BCUT2D eigenvalue weighted by Gasteiger charge is -2.21. The molecular formula is C17H20ClN3O.